The van der Waals surface area contributed by atoms with Gasteiger partial charge in [-0.3, -0.25) is 24.1 Å². The summed E-state index contributed by atoms with van der Waals surface area (Å²) in [4.78, 5) is 75.7. The molecular weight excluding hydrogens is 768 g/mol. The van der Waals surface area contributed by atoms with Crippen molar-refractivity contribution < 1.29 is 28.3 Å². The normalized spacial score (nSPS) is 19.6. The number of nitrogens with zero attached hydrogens (tertiary/aromatic N) is 6. The highest BCUT2D eigenvalue weighted by Gasteiger charge is 2.37. The summed E-state index contributed by atoms with van der Waals surface area (Å²) in [5.74, 6) is -0.340. The number of hydrogen-bond acceptors (Lipinski definition) is 9. The number of benzene rings is 2. The highest BCUT2D eigenvalue weighted by atomic mass is 19.1. The predicted octanol–water partition coefficient (Wildman–Crippen LogP) is 4.27. The Hall–Kier alpha value is -4.89. The molecule has 0 bridgehead atoms. The summed E-state index contributed by atoms with van der Waals surface area (Å²) < 4.78 is 20.6. The monoisotopic (exact) mass is 828 g/mol. The number of carbonyl (C=O) groups is 4. The first-order valence-electron chi connectivity index (χ1n) is 21.9. The first-order chi connectivity index (χ1) is 28.8. The number of alkyl carbamates (subject to hydrolysis) is 1. The van der Waals surface area contributed by atoms with Crippen LogP contribution in [0.3, 0.4) is 0 Å². The van der Waals surface area contributed by atoms with E-state index < -0.39 is 29.5 Å². The first-order valence-corrected chi connectivity index (χ1v) is 21.9. The van der Waals surface area contributed by atoms with Crippen LogP contribution in [0.4, 0.5) is 9.18 Å². The van der Waals surface area contributed by atoms with Gasteiger partial charge in [0.25, 0.3) is 11.5 Å². The van der Waals surface area contributed by atoms with Crippen LogP contribution in [0.25, 0.3) is 10.8 Å². The fraction of sp³-hybridized carbons (Fsp3) is 0.600. The lowest BCUT2D eigenvalue weighted by Gasteiger charge is -2.41. The molecule has 3 aliphatic heterocycles. The van der Waals surface area contributed by atoms with Gasteiger partial charge in [0.1, 0.15) is 17.5 Å². The van der Waals surface area contributed by atoms with Crippen molar-refractivity contribution in [1.82, 2.24) is 40.0 Å². The molecule has 7 rings (SSSR count). The molecule has 1 atom stereocenters. The summed E-state index contributed by atoms with van der Waals surface area (Å²) in [7, 11) is 0. The molecule has 0 radical (unpaired) electrons. The van der Waals surface area contributed by atoms with Crippen molar-refractivity contribution in [2.75, 3.05) is 78.5 Å². The number of rotatable bonds is 10. The second-order valence-corrected chi connectivity index (χ2v) is 18.1. The highest BCUT2D eigenvalue weighted by molar-refractivity contribution is 5.95. The third-order valence-corrected chi connectivity index (χ3v) is 12.7. The molecule has 4 aliphatic rings. The molecule has 60 heavy (non-hydrogen) atoms. The van der Waals surface area contributed by atoms with Crippen LogP contribution in [0, 0.1) is 17.7 Å². The first kappa shape index (κ1) is 43.2. The minimum absolute atomic E-state index is 0.0174. The summed E-state index contributed by atoms with van der Waals surface area (Å²) in [5, 5.41) is 10.9. The van der Waals surface area contributed by atoms with E-state index in [1.807, 2.05) is 37.8 Å². The quantitative estimate of drug-likeness (QED) is 0.306. The molecule has 2 N–H and O–H groups in total. The van der Waals surface area contributed by atoms with Crippen LogP contribution in [0.1, 0.15) is 87.3 Å². The molecule has 1 aromatic heterocycles. The van der Waals surface area contributed by atoms with E-state index in [0.717, 1.165) is 71.2 Å². The Morgan fingerprint density at radius 1 is 0.817 bits per heavy atom. The molecule has 1 saturated carbocycles. The number of piperazine rings is 2. The average molecular weight is 829 g/mol. The Kier molecular flexibility index (Phi) is 13.8. The summed E-state index contributed by atoms with van der Waals surface area (Å²) in [6.45, 7) is 12.9. The van der Waals surface area contributed by atoms with Crippen molar-refractivity contribution in [2.45, 2.75) is 83.8 Å². The van der Waals surface area contributed by atoms with Crippen molar-refractivity contribution in [3.8, 4) is 0 Å². The number of ether oxygens (including phenoxy) is 1. The summed E-state index contributed by atoms with van der Waals surface area (Å²) in [6.07, 6.45) is 6.84. The maximum atomic E-state index is 15.0. The zero-order valence-electron chi connectivity index (χ0n) is 35.4. The Bertz CT molecular complexity index is 2060. The van der Waals surface area contributed by atoms with Crippen molar-refractivity contribution in [3.63, 3.8) is 0 Å². The van der Waals surface area contributed by atoms with Crippen LogP contribution in [-0.2, 0) is 20.7 Å². The zero-order chi connectivity index (χ0) is 42.4. The van der Waals surface area contributed by atoms with Gasteiger partial charge in [-0.05, 0) is 82.1 Å². The molecule has 4 amide bonds. The largest absolute Gasteiger partial charge is 0.444 e. The lowest BCUT2D eigenvalue weighted by Crippen LogP contribution is -2.56. The molecule has 4 fully saturated rings. The topological polar surface area (TPSA) is 151 Å². The molecular formula is C45H61FN8O6. The number of fused-ring (bicyclic) bond motifs is 1. The summed E-state index contributed by atoms with van der Waals surface area (Å²) in [5.41, 5.74) is 0.396. The van der Waals surface area contributed by atoms with Crippen LogP contribution in [0.2, 0.25) is 0 Å². The van der Waals surface area contributed by atoms with Crippen molar-refractivity contribution in [2.24, 2.45) is 11.8 Å². The number of H-pyrrole nitrogens is 1. The third kappa shape index (κ3) is 10.9. The highest BCUT2D eigenvalue weighted by Crippen LogP contribution is 2.29. The van der Waals surface area contributed by atoms with E-state index in [0.29, 0.717) is 80.2 Å². The molecule has 0 unspecified atom stereocenters. The molecule has 3 saturated heterocycles. The van der Waals surface area contributed by atoms with Crippen LogP contribution in [-0.4, -0.2) is 149 Å². The van der Waals surface area contributed by atoms with Gasteiger partial charge >= 0.3 is 6.09 Å². The standard InChI is InChI=1S/C45H61FN8O6/c1-45(2,3)60-44(59)47-40(33-9-5-4-6-10-33)43(58)53-17-15-31(16-18-53)29-50-19-21-51(22-20-50)30-39(55)52-23-25-54(26-24-52)42(57)36-27-32(13-14-37(36)46)28-38-34-11-7-8-12-35(34)41(56)49-48-38/h7-8,11-14,27,31,33,40H,4-6,9-10,15-26,28-30H2,1-3H3,(H,47,59)(H,49,56)/t40-/m1/s1. The van der Waals surface area contributed by atoms with E-state index in [1.54, 1.807) is 34.1 Å². The lowest BCUT2D eigenvalue weighted by molar-refractivity contribution is -0.137. The van der Waals surface area contributed by atoms with E-state index in [9.17, 15) is 24.0 Å². The number of hydrogen-bond donors (Lipinski definition) is 2. The van der Waals surface area contributed by atoms with Gasteiger partial charge < -0.3 is 29.7 Å². The molecule has 4 heterocycles. The Morgan fingerprint density at radius 3 is 2.15 bits per heavy atom. The number of nitrogens with one attached hydrogen (secondary N) is 2. The Labute approximate surface area is 351 Å². The second-order valence-electron chi connectivity index (χ2n) is 18.1. The van der Waals surface area contributed by atoms with Crippen LogP contribution in [0.5, 0.6) is 0 Å². The van der Waals surface area contributed by atoms with E-state index in [-0.39, 0.29) is 28.9 Å². The number of aromatic nitrogens is 2. The van der Waals surface area contributed by atoms with Crippen LogP contribution >= 0.6 is 0 Å². The van der Waals surface area contributed by atoms with E-state index >= 15 is 4.39 Å². The minimum Gasteiger partial charge on any atom is -0.444 e. The number of carbonyl (C=O) groups excluding carboxylic acids is 4. The smallest absolute Gasteiger partial charge is 0.408 e. The fourth-order valence-electron chi connectivity index (χ4n) is 9.28. The van der Waals surface area contributed by atoms with Crippen molar-refractivity contribution in [3.05, 3.63) is 75.5 Å². The van der Waals surface area contributed by atoms with Crippen LogP contribution < -0.4 is 10.9 Å². The SMILES string of the molecule is CC(C)(C)OC(=O)N[C@@H](C(=O)N1CCC(CN2CCN(CC(=O)N3CCN(C(=O)c4cc(Cc5n[nH]c(=O)c6ccccc56)ccc4F)CC3)CC2)CC1)C1CCCCC1. The van der Waals surface area contributed by atoms with E-state index in [4.69, 9.17) is 4.74 Å². The minimum atomic E-state index is -0.631. The molecule has 2 aromatic carbocycles. The maximum Gasteiger partial charge on any atom is 0.408 e. The van der Waals surface area contributed by atoms with Gasteiger partial charge in [0.05, 0.1) is 23.2 Å². The van der Waals surface area contributed by atoms with Gasteiger partial charge in [0.15, 0.2) is 0 Å². The van der Waals surface area contributed by atoms with Crippen molar-refractivity contribution in [1.29, 1.82) is 0 Å². The Morgan fingerprint density at radius 2 is 1.47 bits per heavy atom. The molecule has 15 heteroatoms. The van der Waals surface area contributed by atoms with Gasteiger partial charge in [-0.25, -0.2) is 14.3 Å². The number of aromatic amines is 1. The molecule has 3 aromatic rings. The fourth-order valence-corrected chi connectivity index (χ4v) is 9.28. The maximum absolute atomic E-state index is 15.0. The van der Waals surface area contributed by atoms with Gasteiger partial charge in [0, 0.05) is 83.8 Å². The van der Waals surface area contributed by atoms with Gasteiger partial charge in [-0.1, -0.05) is 43.5 Å². The molecule has 14 nitrogen and oxygen atoms in total. The molecule has 324 valence electrons. The Balaban J connectivity index is 0.828. The summed E-state index contributed by atoms with van der Waals surface area (Å²) >= 11 is 0. The number of likely N-dealkylation sites (tertiary alicyclic amines) is 1. The summed E-state index contributed by atoms with van der Waals surface area (Å²) in [6, 6.07) is 11.1. The van der Waals surface area contributed by atoms with Gasteiger partial charge in [-0.15, -0.1) is 0 Å². The number of piperidine rings is 1. The van der Waals surface area contributed by atoms with E-state index in [2.05, 4.69) is 25.3 Å². The molecule has 1 aliphatic carbocycles. The predicted molar refractivity (Wildman–Crippen MR) is 226 cm³/mol. The van der Waals surface area contributed by atoms with E-state index in [1.165, 1.54) is 12.5 Å². The average Bonchev–Trinajstić information content (AvgIpc) is 3.25. The van der Waals surface area contributed by atoms with Gasteiger partial charge in [0.2, 0.25) is 11.8 Å². The van der Waals surface area contributed by atoms with Crippen LogP contribution in [0.15, 0.2) is 47.3 Å². The number of halogens is 1. The second kappa shape index (κ2) is 19.2. The zero-order valence-corrected chi connectivity index (χ0v) is 35.4. The lowest BCUT2D eigenvalue weighted by atomic mass is 9.83. The third-order valence-electron chi connectivity index (χ3n) is 12.7. The van der Waals surface area contributed by atoms with Gasteiger partial charge in [-0.2, -0.15) is 5.10 Å². The molecule has 0 spiro atoms. The number of amides is 4. The van der Waals surface area contributed by atoms with Crippen molar-refractivity contribution >= 4 is 34.6 Å².